The number of hydrogen-bond acceptors (Lipinski definition) is 5. The molecule has 25 heavy (non-hydrogen) atoms. The number of carbonyl (C=O) groups excluding carboxylic acids is 1. The molecular weight excluding hydrogens is 336 g/mol. The standard InChI is InChI=1S/C18H16N4O2S/c1-12(24-14-9-7-13(11-19)8-10-14)17(23)20-21-18-22(2)15-5-3-4-6-16(15)25-18/h3-10,12H,1-2H3,(H,20,23)/b21-18-. The molecule has 0 bridgehead atoms. The lowest BCUT2D eigenvalue weighted by molar-refractivity contribution is -0.127. The zero-order valence-electron chi connectivity index (χ0n) is 13.8. The Morgan fingerprint density at radius 3 is 2.68 bits per heavy atom. The Morgan fingerprint density at radius 2 is 2.00 bits per heavy atom. The molecule has 0 saturated heterocycles. The number of aryl methyl sites for hydroxylation is 1. The van der Waals surface area contributed by atoms with Gasteiger partial charge in [0.25, 0.3) is 5.91 Å². The molecular formula is C18H16N4O2S. The van der Waals surface area contributed by atoms with Crippen LogP contribution in [0.3, 0.4) is 0 Å². The van der Waals surface area contributed by atoms with Gasteiger partial charge in [0, 0.05) is 7.05 Å². The van der Waals surface area contributed by atoms with Gasteiger partial charge < -0.3 is 9.30 Å². The van der Waals surface area contributed by atoms with Gasteiger partial charge in [0.1, 0.15) is 5.75 Å². The Bertz CT molecular complexity index is 1010. The number of hydrogen-bond donors (Lipinski definition) is 1. The van der Waals surface area contributed by atoms with Crippen LogP contribution in [0.15, 0.2) is 53.6 Å². The van der Waals surface area contributed by atoms with Crippen molar-refractivity contribution in [2.45, 2.75) is 13.0 Å². The number of nitrogens with one attached hydrogen (secondary N) is 1. The Kier molecular flexibility index (Phi) is 4.82. The lowest BCUT2D eigenvalue weighted by Gasteiger charge is -2.12. The molecule has 0 aliphatic rings. The first kappa shape index (κ1) is 16.7. The SMILES string of the molecule is CC(Oc1ccc(C#N)cc1)C(=O)N/N=c1\sc2ccccc2n1C. The first-order valence-electron chi connectivity index (χ1n) is 7.63. The van der Waals surface area contributed by atoms with Crippen molar-refractivity contribution >= 4 is 27.5 Å². The maximum Gasteiger partial charge on any atom is 0.280 e. The molecule has 0 aliphatic heterocycles. The van der Waals surface area contributed by atoms with E-state index in [1.165, 1.54) is 11.3 Å². The minimum atomic E-state index is -0.712. The van der Waals surface area contributed by atoms with Crippen LogP contribution in [0.1, 0.15) is 12.5 Å². The number of rotatable bonds is 4. The Hall–Kier alpha value is -3.11. The average Bonchev–Trinajstić information content (AvgIpc) is 2.96. The van der Waals surface area contributed by atoms with Crippen molar-refractivity contribution in [2.24, 2.45) is 12.1 Å². The summed E-state index contributed by atoms with van der Waals surface area (Å²) in [6.07, 6.45) is -0.712. The zero-order valence-corrected chi connectivity index (χ0v) is 14.6. The van der Waals surface area contributed by atoms with E-state index in [2.05, 4.69) is 10.5 Å². The number of aromatic nitrogens is 1. The Balaban J connectivity index is 1.70. The molecule has 3 aromatic rings. The van der Waals surface area contributed by atoms with Crippen LogP contribution in [0.2, 0.25) is 0 Å². The van der Waals surface area contributed by atoms with Gasteiger partial charge in [0.05, 0.1) is 21.8 Å². The summed E-state index contributed by atoms with van der Waals surface area (Å²) in [5.41, 5.74) is 4.14. The molecule has 6 nitrogen and oxygen atoms in total. The number of amides is 1. The van der Waals surface area contributed by atoms with Crippen molar-refractivity contribution in [3.05, 3.63) is 58.9 Å². The van der Waals surface area contributed by atoms with Crippen LogP contribution in [0.4, 0.5) is 0 Å². The van der Waals surface area contributed by atoms with Crippen molar-refractivity contribution in [3.63, 3.8) is 0 Å². The Morgan fingerprint density at radius 1 is 1.28 bits per heavy atom. The van der Waals surface area contributed by atoms with E-state index in [-0.39, 0.29) is 5.91 Å². The van der Waals surface area contributed by atoms with E-state index in [4.69, 9.17) is 10.00 Å². The first-order valence-corrected chi connectivity index (χ1v) is 8.45. The molecule has 1 amide bonds. The highest BCUT2D eigenvalue weighted by Gasteiger charge is 2.14. The normalized spacial score (nSPS) is 12.6. The molecule has 0 spiro atoms. The van der Waals surface area contributed by atoms with E-state index in [1.807, 2.05) is 41.9 Å². The van der Waals surface area contributed by atoms with Gasteiger partial charge in [-0.3, -0.25) is 4.79 Å². The monoisotopic (exact) mass is 352 g/mol. The van der Waals surface area contributed by atoms with E-state index in [0.29, 0.717) is 16.1 Å². The van der Waals surface area contributed by atoms with Gasteiger partial charge in [0.2, 0.25) is 4.80 Å². The smallest absolute Gasteiger partial charge is 0.280 e. The number of para-hydroxylation sites is 1. The van der Waals surface area contributed by atoms with Crippen LogP contribution < -0.4 is 15.0 Å². The van der Waals surface area contributed by atoms with Gasteiger partial charge in [-0.2, -0.15) is 5.26 Å². The van der Waals surface area contributed by atoms with Crippen molar-refractivity contribution in [3.8, 4) is 11.8 Å². The van der Waals surface area contributed by atoms with Crippen LogP contribution in [-0.2, 0) is 11.8 Å². The highest BCUT2D eigenvalue weighted by Crippen LogP contribution is 2.15. The third kappa shape index (κ3) is 3.70. The summed E-state index contributed by atoms with van der Waals surface area (Å²) in [4.78, 5) is 12.9. The molecule has 1 aromatic heterocycles. The highest BCUT2D eigenvalue weighted by atomic mass is 32.1. The van der Waals surface area contributed by atoms with E-state index in [0.717, 1.165) is 10.2 Å². The third-order valence-corrected chi connectivity index (χ3v) is 4.75. The lowest BCUT2D eigenvalue weighted by atomic mass is 10.2. The summed E-state index contributed by atoms with van der Waals surface area (Å²) >= 11 is 1.50. The fraction of sp³-hybridized carbons (Fsp3) is 0.167. The topological polar surface area (TPSA) is 79.4 Å². The molecule has 3 rings (SSSR count). The second-order valence-electron chi connectivity index (χ2n) is 5.40. The zero-order chi connectivity index (χ0) is 17.8. The van der Waals surface area contributed by atoms with Crippen LogP contribution in [0, 0.1) is 11.3 Å². The minimum absolute atomic E-state index is 0.346. The number of nitriles is 1. The van der Waals surface area contributed by atoms with Gasteiger partial charge >= 0.3 is 0 Å². The molecule has 0 fully saturated rings. The maximum absolute atomic E-state index is 12.2. The van der Waals surface area contributed by atoms with Crippen molar-refractivity contribution < 1.29 is 9.53 Å². The number of nitrogens with zero attached hydrogens (tertiary/aromatic N) is 3. The second kappa shape index (κ2) is 7.20. The van der Waals surface area contributed by atoms with E-state index >= 15 is 0 Å². The van der Waals surface area contributed by atoms with Gasteiger partial charge in [-0.05, 0) is 43.3 Å². The lowest BCUT2D eigenvalue weighted by Crippen LogP contribution is -2.35. The summed E-state index contributed by atoms with van der Waals surface area (Å²) in [5, 5.41) is 13.0. The van der Waals surface area contributed by atoms with Gasteiger partial charge in [-0.25, -0.2) is 5.43 Å². The fourth-order valence-corrected chi connectivity index (χ4v) is 3.23. The summed E-state index contributed by atoms with van der Waals surface area (Å²) in [7, 11) is 1.90. The van der Waals surface area contributed by atoms with Crippen LogP contribution >= 0.6 is 11.3 Å². The second-order valence-corrected chi connectivity index (χ2v) is 6.40. The maximum atomic E-state index is 12.2. The molecule has 126 valence electrons. The van der Waals surface area contributed by atoms with Crippen LogP contribution in [0.25, 0.3) is 10.2 Å². The largest absolute Gasteiger partial charge is 0.481 e. The molecule has 0 aliphatic carbocycles. The number of fused-ring (bicyclic) bond motifs is 1. The number of thiazole rings is 1. The highest BCUT2D eigenvalue weighted by molar-refractivity contribution is 7.16. The average molecular weight is 352 g/mol. The first-order chi connectivity index (χ1) is 12.1. The van der Waals surface area contributed by atoms with Crippen molar-refractivity contribution in [1.29, 1.82) is 5.26 Å². The third-order valence-electron chi connectivity index (χ3n) is 3.64. The van der Waals surface area contributed by atoms with Crippen LogP contribution in [-0.4, -0.2) is 16.6 Å². The summed E-state index contributed by atoms with van der Waals surface area (Å²) in [6.45, 7) is 1.65. The summed E-state index contributed by atoms with van der Waals surface area (Å²) in [6, 6.07) is 16.6. The summed E-state index contributed by atoms with van der Waals surface area (Å²) < 4.78 is 8.59. The van der Waals surface area contributed by atoms with Gasteiger partial charge in [0.15, 0.2) is 6.10 Å². The van der Waals surface area contributed by atoms with E-state index < -0.39 is 6.10 Å². The van der Waals surface area contributed by atoms with Crippen molar-refractivity contribution in [1.82, 2.24) is 9.99 Å². The van der Waals surface area contributed by atoms with E-state index in [1.54, 1.807) is 31.2 Å². The fourth-order valence-electron chi connectivity index (χ4n) is 2.25. The van der Waals surface area contributed by atoms with Crippen LogP contribution in [0.5, 0.6) is 5.75 Å². The summed E-state index contributed by atoms with van der Waals surface area (Å²) in [5.74, 6) is 0.177. The quantitative estimate of drug-likeness (QED) is 0.733. The van der Waals surface area contributed by atoms with Gasteiger partial charge in [-0.15, -0.1) is 5.10 Å². The van der Waals surface area contributed by atoms with Crippen molar-refractivity contribution in [2.75, 3.05) is 0 Å². The predicted molar refractivity (Wildman–Crippen MR) is 95.7 cm³/mol. The number of benzene rings is 2. The van der Waals surface area contributed by atoms with E-state index in [9.17, 15) is 4.79 Å². The molecule has 7 heteroatoms. The Labute approximate surface area is 148 Å². The molecule has 1 heterocycles. The minimum Gasteiger partial charge on any atom is -0.481 e. The predicted octanol–water partition coefficient (Wildman–Crippen LogP) is 2.51. The number of ether oxygens (including phenoxy) is 1. The number of carbonyl (C=O) groups is 1. The molecule has 0 saturated carbocycles. The van der Waals surface area contributed by atoms with Gasteiger partial charge in [-0.1, -0.05) is 23.5 Å². The molecule has 0 radical (unpaired) electrons. The molecule has 2 aromatic carbocycles. The molecule has 1 N–H and O–H groups in total. The molecule has 1 unspecified atom stereocenters. The molecule has 1 atom stereocenters.